The number of carbonyl (C=O) groups excluding carboxylic acids is 1. The molecule has 0 saturated heterocycles. The van der Waals surface area contributed by atoms with Crippen LogP contribution in [0.5, 0.6) is 0 Å². The van der Waals surface area contributed by atoms with E-state index in [-0.39, 0.29) is 18.0 Å². The number of hydrogen-bond donors (Lipinski definition) is 0. The Morgan fingerprint density at radius 1 is 1.42 bits per heavy atom. The molecule has 0 aromatic carbocycles. The molecule has 0 bridgehead atoms. The van der Waals surface area contributed by atoms with Crippen molar-refractivity contribution in [2.24, 2.45) is 0 Å². The number of esters is 1. The lowest BCUT2D eigenvalue weighted by Gasteiger charge is -2.06. The van der Waals surface area contributed by atoms with E-state index in [0.29, 0.717) is 26.1 Å². The van der Waals surface area contributed by atoms with E-state index in [4.69, 9.17) is 27.9 Å². The lowest BCUT2D eigenvalue weighted by molar-refractivity contribution is 0.0383. The standard InChI is InChI=1S/C12H12Cl2N2O2S/c1-5(2)18-12(17)9-6(3)8-10(14)15-7(4-13)16-11(8)19-9/h5H,4H2,1-3H3. The lowest BCUT2D eigenvalue weighted by atomic mass is 10.2. The summed E-state index contributed by atoms with van der Waals surface area (Å²) < 4.78 is 5.20. The zero-order chi connectivity index (χ0) is 14.2. The predicted molar refractivity (Wildman–Crippen MR) is 77.3 cm³/mol. The van der Waals surface area contributed by atoms with Gasteiger partial charge in [0.25, 0.3) is 0 Å². The number of hydrogen-bond acceptors (Lipinski definition) is 5. The van der Waals surface area contributed by atoms with Gasteiger partial charge >= 0.3 is 5.97 Å². The monoisotopic (exact) mass is 318 g/mol. The number of thiophene rings is 1. The first-order valence-corrected chi connectivity index (χ1v) is 7.39. The van der Waals surface area contributed by atoms with Crippen molar-refractivity contribution < 1.29 is 9.53 Å². The van der Waals surface area contributed by atoms with Crippen LogP contribution in [0.1, 0.15) is 34.9 Å². The third-order valence-corrected chi connectivity index (χ3v) is 4.12. The van der Waals surface area contributed by atoms with Crippen LogP contribution in [0.15, 0.2) is 0 Å². The van der Waals surface area contributed by atoms with Crippen LogP contribution < -0.4 is 0 Å². The Hall–Kier alpha value is -0.910. The first kappa shape index (κ1) is 14.5. The van der Waals surface area contributed by atoms with Crippen LogP contribution in [0.25, 0.3) is 10.2 Å². The van der Waals surface area contributed by atoms with E-state index in [2.05, 4.69) is 9.97 Å². The SMILES string of the molecule is Cc1c(C(=O)OC(C)C)sc2nc(CCl)nc(Cl)c12. The minimum atomic E-state index is -0.362. The van der Waals surface area contributed by atoms with E-state index in [1.54, 1.807) is 13.8 Å². The summed E-state index contributed by atoms with van der Waals surface area (Å²) in [6.07, 6.45) is -0.169. The van der Waals surface area contributed by atoms with Gasteiger partial charge in [0.05, 0.1) is 17.4 Å². The molecule has 19 heavy (non-hydrogen) atoms. The Balaban J connectivity index is 2.56. The Morgan fingerprint density at radius 2 is 2.11 bits per heavy atom. The summed E-state index contributed by atoms with van der Waals surface area (Å²) in [5.74, 6) is 0.265. The normalized spacial score (nSPS) is 11.3. The summed E-state index contributed by atoms with van der Waals surface area (Å²) >= 11 is 13.1. The summed E-state index contributed by atoms with van der Waals surface area (Å²) in [6, 6.07) is 0. The molecule has 0 aliphatic carbocycles. The molecule has 2 heterocycles. The van der Waals surface area contributed by atoms with Gasteiger partial charge in [0.1, 0.15) is 20.7 Å². The summed E-state index contributed by atoms with van der Waals surface area (Å²) in [7, 11) is 0. The largest absolute Gasteiger partial charge is 0.459 e. The summed E-state index contributed by atoms with van der Waals surface area (Å²) in [5.41, 5.74) is 0.747. The fourth-order valence-corrected chi connectivity index (χ4v) is 3.24. The number of halogens is 2. The average Bonchev–Trinajstić information content (AvgIpc) is 2.66. The molecule has 0 radical (unpaired) electrons. The zero-order valence-electron chi connectivity index (χ0n) is 10.7. The van der Waals surface area contributed by atoms with E-state index in [1.165, 1.54) is 11.3 Å². The maximum atomic E-state index is 12.0. The van der Waals surface area contributed by atoms with Gasteiger partial charge in [-0.2, -0.15) is 0 Å². The second kappa shape index (κ2) is 5.61. The van der Waals surface area contributed by atoms with Crippen molar-refractivity contribution in [1.29, 1.82) is 0 Å². The number of carbonyl (C=O) groups is 1. The lowest BCUT2D eigenvalue weighted by Crippen LogP contribution is -2.11. The van der Waals surface area contributed by atoms with Gasteiger partial charge in [-0.05, 0) is 26.3 Å². The van der Waals surface area contributed by atoms with Gasteiger partial charge in [-0.25, -0.2) is 14.8 Å². The molecular weight excluding hydrogens is 307 g/mol. The molecule has 0 unspecified atom stereocenters. The fourth-order valence-electron chi connectivity index (χ4n) is 1.65. The van der Waals surface area contributed by atoms with E-state index >= 15 is 0 Å². The van der Waals surface area contributed by atoms with Gasteiger partial charge in [0.15, 0.2) is 0 Å². The first-order valence-electron chi connectivity index (χ1n) is 5.66. The van der Waals surface area contributed by atoms with Crippen molar-refractivity contribution in [3.05, 3.63) is 21.4 Å². The van der Waals surface area contributed by atoms with Crippen LogP contribution in [0.2, 0.25) is 5.15 Å². The number of ether oxygens (including phenoxy) is 1. The Bertz CT molecular complexity index is 640. The molecule has 0 aliphatic heterocycles. The summed E-state index contributed by atoms with van der Waals surface area (Å²) in [4.78, 5) is 21.5. The fraction of sp³-hybridized carbons (Fsp3) is 0.417. The van der Waals surface area contributed by atoms with Crippen molar-refractivity contribution >= 4 is 50.7 Å². The van der Waals surface area contributed by atoms with Gasteiger partial charge in [-0.3, -0.25) is 0 Å². The predicted octanol–water partition coefficient (Wildman–Crippen LogP) is 3.96. The number of nitrogens with zero attached hydrogens (tertiary/aromatic N) is 2. The number of aromatic nitrogens is 2. The zero-order valence-corrected chi connectivity index (χ0v) is 13.0. The maximum absolute atomic E-state index is 12.0. The highest BCUT2D eigenvalue weighted by Crippen LogP contribution is 2.34. The summed E-state index contributed by atoms with van der Waals surface area (Å²) in [6.45, 7) is 5.42. The van der Waals surface area contributed by atoms with Gasteiger partial charge < -0.3 is 4.74 Å². The van der Waals surface area contributed by atoms with Crippen LogP contribution in [0.4, 0.5) is 0 Å². The van der Waals surface area contributed by atoms with Crippen molar-refractivity contribution in [3.63, 3.8) is 0 Å². The molecule has 0 aliphatic rings. The van der Waals surface area contributed by atoms with Crippen LogP contribution in [-0.4, -0.2) is 22.0 Å². The van der Waals surface area contributed by atoms with E-state index in [9.17, 15) is 4.79 Å². The molecule has 0 atom stereocenters. The third-order valence-electron chi connectivity index (χ3n) is 2.44. The minimum absolute atomic E-state index is 0.169. The Labute approximate surface area is 124 Å². The van der Waals surface area contributed by atoms with Crippen LogP contribution in [0.3, 0.4) is 0 Å². The van der Waals surface area contributed by atoms with E-state index in [0.717, 1.165) is 5.56 Å². The van der Waals surface area contributed by atoms with Crippen LogP contribution in [0, 0.1) is 6.92 Å². The van der Waals surface area contributed by atoms with E-state index in [1.807, 2.05) is 6.92 Å². The van der Waals surface area contributed by atoms with Gasteiger partial charge in [-0.15, -0.1) is 22.9 Å². The topological polar surface area (TPSA) is 52.1 Å². The van der Waals surface area contributed by atoms with Crippen LogP contribution in [-0.2, 0) is 10.6 Å². The number of aryl methyl sites for hydroxylation is 1. The van der Waals surface area contributed by atoms with Gasteiger partial charge in [-0.1, -0.05) is 11.6 Å². The number of alkyl halides is 1. The highest BCUT2D eigenvalue weighted by atomic mass is 35.5. The molecule has 2 aromatic rings. The first-order chi connectivity index (χ1) is 8.93. The molecule has 4 nitrogen and oxygen atoms in total. The minimum Gasteiger partial charge on any atom is -0.459 e. The average molecular weight is 319 g/mol. The molecule has 0 saturated carbocycles. The second-order valence-electron chi connectivity index (χ2n) is 4.25. The Morgan fingerprint density at radius 3 is 2.68 bits per heavy atom. The molecular formula is C12H12Cl2N2O2S. The number of rotatable bonds is 3. The van der Waals surface area contributed by atoms with Crippen molar-refractivity contribution in [3.8, 4) is 0 Å². The molecule has 0 spiro atoms. The molecule has 0 amide bonds. The van der Waals surface area contributed by atoms with Crippen molar-refractivity contribution in [2.75, 3.05) is 0 Å². The third kappa shape index (κ3) is 2.83. The molecule has 0 N–H and O–H groups in total. The maximum Gasteiger partial charge on any atom is 0.348 e. The van der Waals surface area contributed by atoms with Crippen molar-refractivity contribution in [2.45, 2.75) is 32.8 Å². The molecule has 0 fully saturated rings. The number of fused-ring (bicyclic) bond motifs is 1. The summed E-state index contributed by atoms with van der Waals surface area (Å²) in [5, 5.41) is 1.01. The quantitative estimate of drug-likeness (QED) is 0.488. The van der Waals surface area contributed by atoms with Crippen LogP contribution >= 0.6 is 34.5 Å². The van der Waals surface area contributed by atoms with Gasteiger partial charge in [0.2, 0.25) is 0 Å². The highest BCUT2D eigenvalue weighted by molar-refractivity contribution is 7.20. The molecule has 102 valence electrons. The second-order valence-corrected chi connectivity index (χ2v) is 5.88. The van der Waals surface area contributed by atoms with Crippen molar-refractivity contribution in [1.82, 2.24) is 9.97 Å². The Kier molecular flexibility index (Phi) is 4.28. The molecule has 2 rings (SSSR count). The van der Waals surface area contributed by atoms with Gasteiger partial charge in [0, 0.05) is 0 Å². The molecule has 7 heteroatoms. The smallest absolute Gasteiger partial charge is 0.348 e. The van der Waals surface area contributed by atoms with E-state index < -0.39 is 0 Å². The molecule has 2 aromatic heterocycles. The highest BCUT2D eigenvalue weighted by Gasteiger charge is 2.21.